The number of carbonyl (C=O) groups excluding carboxylic acids is 1. The lowest BCUT2D eigenvalue weighted by Gasteiger charge is -2.12. The van der Waals surface area contributed by atoms with E-state index in [1.54, 1.807) is 24.3 Å². The highest BCUT2D eigenvalue weighted by Crippen LogP contribution is 2.30. The molecule has 27 heavy (non-hydrogen) atoms. The molecule has 1 aliphatic carbocycles. The van der Waals surface area contributed by atoms with Crippen LogP contribution >= 0.6 is 23.4 Å². The number of nitrogens with one attached hydrogen (secondary N) is 1. The smallest absolute Gasteiger partial charge is 0.234 e. The second-order valence-electron chi connectivity index (χ2n) is 6.64. The number of carbonyl (C=O) groups is 1. The van der Waals surface area contributed by atoms with Crippen LogP contribution in [0.25, 0.3) is 0 Å². The summed E-state index contributed by atoms with van der Waals surface area (Å²) in [5, 5.41) is 3.24. The Hall–Kier alpha value is -1.50. The third-order valence-electron chi connectivity index (χ3n) is 4.62. The Balaban J connectivity index is 1.50. The zero-order valence-corrected chi connectivity index (χ0v) is 17.2. The van der Waals surface area contributed by atoms with Crippen LogP contribution in [0.3, 0.4) is 0 Å². The Morgan fingerprint density at radius 3 is 2.30 bits per heavy atom. The Bertz CT molecular complexity index is 874. The van der Waals surface area contributed by atoms with E-state index < -0.39 is 9.84 Å². The summed E-state index contributed by atoms with van der Waals surface area (Å²) in [6.07, 6.45) is 3.44. The molecule has 1 saturated carbocycles. The SMILES string of the molecule is O=C(CSCc1ccc(Cl)cc1)Nc1ccc(S(=O)(=O)C2CCCC2)cc1. The molecule has 144 valence electrons. The van der Waals surface area contributed by atoms with Crippen LogP contribution in [0.4, 0.5) is 5.69 Å². The number of amides is 1. The molecule has 1 N–H and O–H groups in total. The number of rotatable bonds is 7. The van der Waals surface area contributed by atoms with Crippen molar-refractivity contribution in [3.05, 3.63) is 59.1 Å². The lowest BCUT2D eigenvalue weighted by atomic mass is 10.2. The van der Waals surface area contributed by atoms with Crippen LogP contribution in [0, 0.1) is 0 Å². The van der Waals surface area contributed by atoms with Crippen molar-refractivity contribution in [2.75, 3.05) is 11.1 Å². The van der Waals surface area contributed by atoms with E-state index in [1.165, 1.54) is 11.8 Å². The molecule has 1 amide bonds. The van der Waals surface area contributed by atoms with Gasteiger partial charge in [-0.2, -0.15) is 0 Å². The van der Waals surface area contributed by atoms with E-state index in [0.29, 0.717) is 21.4 Å². The van der Waals surface area contributed by atoms with Gasteiger partial charge in [-0.25, -0.2) is 8.42 Å². The van der Waals surface area contributed by atoms with Gasteiger partial charge in [-0.15, -0.1) is 11.8 Å². The second-order valence-corrected chi connectivity index (χ2v) is 10.3. The van der Waals surface area contributed by atoms with E-state index >= 15 is 0 Å². The summed E-state index contributed by atoms with van der Waals surface area (Å²) in [6.45, 7) is 0. The van der Waals surface area contributed by atoms with Crippen molar-refractivity contribution in [2.45, 2.75) is 41.6 Å². The first-order valence-electron chi connectivity index (χ1n) is 8.91. The van der Waals surface area contributed by atoms with Gasteiger partial charge in [0.05, 0.1) is 15.9 Å². The maximum absolute atomic E-state index is 12.6. The van der Waals surface area contributed by atoms with Gasteiger partial charge in [0.1, 0.15) is 0 Å². The molecule has 0 heterocycles. The Labute approximate surface area is 169 Å². The van der Waals surface area contributed by atoms with Crippen molar-refractivity contribution in [2.24, 2.45) is 0 Å². The third kappa shape index (κ3) is 5.50. The minimum absolute atomic E-state index is 0.111. The van der Waals surface area contributed by atoms with Gasteiger partial charge < -0.3 is 5.32 Å². The van der Waals surface area contributed by atoms with E-state index in [-0.39, 0.29) is 11.2 Å². The van der Waals surface area contributed by atoms with Gasteiger partial charge in [0.25, 0.3) is 0 Å². The quantitative estimate of drug-likeness (QED) is 0.685. The molecule has 2 aromatic rings. The van der Waals surface area contributed by atoms with Crippen molar-refractivity contribution in [3.63, 3.8) is 0 Å². The first-order chi connectivity index (χ1) is 12.9. The fraction of sp³-hybridized carbons (Fsp3) is 0.350. The molecule has 7 heteroatoms. The summed E-state index contributed by atoms with van der Waals surface area (Å²) < 4.78 is 25.1. The summed E-state index contributed by atoms with van der Waals surface area (Å²) in [5.41, 5.74) is 1.72. The molecule has 1 fully saturated rings. The molecule has 0 spiro atoms. The maximum Gasteiger partial charge on any atom is 0.234 e. The molecule has 0 unspecified atom stereocenters. The number of thioether (sulfide) groups is 1. The average Bonchev–Trinajstić information content (AvgIpc) is 3.19. The summed E-state index contributed by atoms with van der Waals surface area (Å²) in [5.74, 6) is 0.939. The fourth-order valence-electron chi connectivity index (χ4n) is 3.16. The largest absolute Gasteiger partial charge is 0.325 e. The molecule has 0 atom stereocenters. The highest BCUT2D eigenvalue weighted by Gasteiger charge is 2.30. The third-order valence-corrected chi connectivity index (χ3v) is 8.16. The molecular weight excluding hydrogens is 402 g/mol. The van der Waals surface area contributed by atoms with Gasteiger partial charge in [-0.05, 0) is 54.8 Å². The number of benzene rings is 2. The minimum atomic E-state index is -3.26. The molecule has 0 bridgehead atoms. The van der Waals surface area contributed by atoms with E-state index in [0.717, 1.165) is 37.0 Å². The molecule has 2 aromatic carbocycles. The van der Waals surface area contributed by atoms with Gasteiger partial charge in [0.2, 0.25) is 5.91 Å². The van der Waals surface area contributed by atoms with Crippen LogP contribution < -0.4 is 5.32 Å². The van der Waals surface area contributed by atoms with Crippen LogP contribution in [0.5, 0.6) is 0 Å². The highest BCUT2D eigenvalue weighted by molar-refractivity contribution is 7.99. The van der Waals surface area contributed by atoms with Crippen molar-refractivity contribution >= 4 is 44.8 Å². The highest BCUT2D eigenvalue weighted by atomic mass is 35.5. The second kappa shape index (κ2) is 9.13. The van der Waals surface area contributed by atoms with Gasteiger partial charge in [0, 0.05) is 16.5 Å². The normalized spacial score (nSPS) is 15.0. The number of hydrogen-bond donors (Lipinski definition) is 1. The molecule has 1 aliphatic rings. The summed E-state index contributed by atoms with van der Waals surface area (Å²) >= 11 is 7.37. The standard InChI is InChI=1S/C20H22ClNO3S2/c21-16-7-5-15(6-8-16)13-26-14-20(23)22-17-9-11-19(12-10-17)27(24,25)18-3-1-2-4-18/h5-12,18H,1-4,13-14H2,(H,22,23). The topological polar surface area (TPSA) is 63.2 Å². The first-order valence-corrected chi connectivity index (χ1v) is 12.0. The Kier molecular flexibility index (Phi) is 6.84. The van der Waals surface area contributed by atoms with Crippen LogP contribution in [-0.4, -0.2) is 25.3 Å². The van der Waals surface area contributed by atoms with Crippen molar-refractivity contribution in [1.29, 1.82) is 0 Å². The predicted molar refractivity (Wildman–Crippen MR) is 112 cm³/mol. The number of halogens is 1. The average molecular weight is 424 g/mol. The Morgan fingerprint density at radius 2 is 1.67 bits per heavy atom. The van der Waals surface area contributed by atoms with Crippen molar-refractivity contribution < 1.29 is 13.2 Å². The molecule has 0 radical (unpaired) electrons. The van der Waals surface area contributed by atoms with Crippen molar-refractivity contribution in [1.82, 2.24) is 0 Å². The molecule has 3 rings (SSSR count). The van der Waals surface area contributed by atoms with Crippen LogP contribution in [-0.2, 0) is 20.4 Å². The lowest BCUT2D eigenvalue weighted by Crippen LogP contribution is -2.18. The molecular formula is C20H22ClNO3S2. The first kappa shape index (κ1) is 20.2. The summed E-state index contributed by atoms with van der Waals surface area (Å²) in [7, 11) is -3.26. The van der Waals surface area contributed by atoms with E-state index in [2.05, 4.69) is 5.32 Å². The maximum atomic E-state index is 12.6. The zero-order valence-electron chi connectivity index (χ0n) is 14.9. The van der Waals surface area contributed by atoms with Crippen molar-refractivity contribution in [3.8, 4) is 0 Å². The molecule has 4 nitrogen and oxygen atoms in total. The number of anilines is 1. The monoisotopic (exact) mass is 423 g/mol. The van der Waals surface area contributed by atoms with Crippen LogP contribution in [0.2, 0.25) is 5.02 Å². The minimum Gasteiger partial charge on any atom is -0.325 e. The fourth-order valence-corrected chi connectivity index (χ4v) is 5.93. The van der Waals surface area contributed by atoms with Crippen LogP contribution in [0.1, 0.15) is 31.2 Å². The van der Waals surface area contributed by atoms with Gasteiger partial charge in [-0.3, -0.25) is 4.79 Å². The van der Waals surface area contributed by atoms with Gasteiger partial charge >= 0.3 is 0 Å². The predicted octanol–water partition coefficient (Wildman–Crippen LogP) is 4.93. The lowest BCUT2D eigenvalue weighted by molar-refractivity contribution is -0.113. The molecule has 0 aliphatic heterocycles. The van der Waals surface area contributed by atoms with E-state index in [9.17, 15) is 13.2 Å². The number of hydrogen-bond acceptors (Lipinski definition) is 4. The number of sulfone groups is 1. The van der Waals surface area contributed by atoms with Gasteiger partial charge in [0.15, 0.2) is 9.84 Å². The molecule has 0 aromatic heterocycles. The zero-order chi connectivity index (χ0) is 19.3. The molecule has 0 saturated heterocycles. The van der Waals surface area contributed by atoms with Gasteiger partial charge in [-0.1, -0.05) is 36.6 Å². The summed E-state index contributed by atoms with van der Waals surface area (Å²) in [4.78, 5) is 12.4. The summed E-state index contributed by atoms with van der Waals surface area (Å²) in [6, 6.07) is 14.0. The van der Waals surface area contributed by atoms with Crippen LogP contribution in [0.15, 0.2) is 53.4 Å². The Morgan fingerprint density at radius 1 is 1.04 bits per heavy atom. The van der Waals surface area contributed by atoms with E-state index in [1.807, 2.05) is 24.3 Å². The van der Waals surface area contributed by atoms with E-state index in [4.69, 9.17) is 11.6 Å².